The van der Waals surface area contributed by atoms with E-state index in [2.05, 4.69) is 4.90 Å². The van der Waals surface area contributed by atoms with Crippen molar-refractivity contribution in [1.82, 2.24) is 14.1 Å². The minimum atomic E-state index is -4.48. The lowest BCUT2D eigenvalue weighted by Crippen LogP contribution is -2.50. The van der Waals surface area contributed by atoms with Gasteiger partial charge in [0.15, 0.2) is 0 Å². The minimum Gasteiger partial charge on any atom is -0.341 e. The first-order valence-electron chi connectivity index (χ1n) is 11.7. The van der Waals surface area contributed by atoms with Crippen molar-refractivity contribution in [2.45, 2.75) is 31.5 Å². The summed E-state index contributed by atoms with van der Waals surface area (Å²) in [5, 5.41) is 0.634. The number of likely N-dealkylation sites (N-methyl/N-ethyl adjacent to an activating group) is 1. The molecule has 0 aromatic heterocycles. The first-order chi connectivity index (χ1) is 17.1. The first-order valence-corrected chi connectivity index (χ1v) is 14.3. The molecule has 1 amide bonds. The fourth-order valence-electron chi connectivity index (χ4n) is 4.49. The summed E-state index contributed by atoms with van der Waals surface area (Å²) in [5.41, 5.74) is -0.832. The van der Waals surface area contributed by atoms with Crippen molar-refractivity contribution in [3.05, 3.63) is 69.2 Å². The molecule has 1 saturated heterocycles. The van der Waals surface area contributed by atoms with Crippen molar-refractivity contribution in [3.63, 3.8) is 0 Å². The molecule has 1 unspecified atom stereocenters. The largest absolute Gasteiger partial charge is 0.416 e. The second kappa shape index (κ2) is 11.5. The Morgan fingerprint density at radius 3 is 2.22 bits per heavy atom. The molecule has 1 heterocycles. The molecule has 0 spiro atoms. The molecule has 1 fully saturated rings. The Hall–Kier alpha value is -1.85. The minimum absolute atomic E-state index is 0.00724. The number of halogens is 5. The van der Waals surface area contributed by atoms with Crippen LogP contribution in [0.2, 0.25) is 10.0 Å². The fourth-order valence-corrected chi connectivity index (χ4v) is 5.62. The Morgan fingerprint density at radius 2 is 1.65 bits per heavy atom. The Kier molecular flexibility index (Phi) is 9.22. The van der Waals surface area contributed by atoms with Crippen LogP contribution < -0.4 is 0 Å². The van der Waals surface area contributed by atoms with E-state index in [0.29, 0.717) is 60.3 Å². The topological polar surface area (TPSA) is 60.9 Å². The number of amides is 1. The van der Waals surface area contributed by atoms with Gasteiger partial charge in [0.1, 0.15) is 0 Å². The van der Waals surface area contributed by atoms with Crippen molar-refractivity contribution in [2.75, 3.05) is 46.0 Å². The molecule has 3 rings (SSSR count). The Bertz CT molecular complexity index is 1240. The van der Waals surface area contributed by atoms with Gasteiger partial charge in [0.05, 0.1) is 27.3 Å². The van der Waals surface area contributed by atoms with Crippen LogP contribution in [0.1, 0.15) is 30.0 Å². The van der Waals surface area contributed by atoms with Gasteiger partial charge < -0.3 is 9.80 Å². The molecule has 0 radical (unpaired) electrons. The third-order valence-electron chi connectivity index (χ3n) is 6.78. The number of sulfonamides is 1. The molecule has 12 heteroatoms. The summed E-state index contributed by atoms with van der Waals surface area (Å²) in [6.45, 7) is 4.07. The van der Waals surface area contributed by atoms with E-state index in [9.17, 15) is 26.4 Å². The molecule has 2 aromatic carbocycles. The van der Waals surface area contributed by atoms with E-state index in [1.807, 2.05) is 0 Å². The van der Waals surface area contributed by atoms with E-state index in [1.165, 1.54) is 21.5 Å². The van der Waals surface area contributed by atoms with E-state index < -0.39 is 27.2 Å². The quantitative estimate of drug-likeness (QED) is 0.446. The van der Waals surface area contributed by atoms with Gasteiger partial charge in [-0.15, -0.1) is 0 Å². The van der Waals surface area contributed by atoms with Crippen molar-refractivity contribution >= 4 is 39.1 Å². The molecule has 204 valence electrons. The summed E-state index contributed by atoms with van der Waals surface area (Å²) in [6.07, 6.45) is -2.91. The molecule has 0 bridgehead atoms. The van der Waals surface area contributed by atoms with Crippen LogP contribution in [0, 0.1) is 0 Å². The average molecular weight is 581 g/mol. The molecule has 0 aliphatic carbocycles. The summed E-state index contributed by atoms with van der Waals surface area (Å²) >= 11 is 12.4. The van der Waals surface area contributed by atoms with Gasteiger partial charge in [0, 0.05) is 39.8 Å². The zero-order valence-corrected chi connectivity index (χ0v) is 23.2. The normalized spacial score (nSPS) is 17.4. The maximum atomic E-state index is 13.8. The highest BCUT2D eigenvalue weighted by atomic mass is 35.5. The number of hydrogen-bond donors (Lipinski definition) is 0. The van der Waals surface area contributed by atoms with Crippen LogP contribution in [0.5, 0.6) is 0 Å². The van der Waals surface area contributed by atoms with E-state index >= 15 is 0 Å². The molecule has 0 saturated carbocycles. The summed E-state index contributed by atoms with van der Waals surface area (Å²) in [7, 11) is -1.70. The highest BCUT2D eigenvalue weighted by Crippen LogP contribution is 2.35. The number of carbonyl (C=O) groups is 1. The predicted octanol–water partition coefficient (Wildman–Crippen LogP) is 4.90. The van der Waals surface area contributed by atoms with Crippen molar-refractivity contribution < 1.29 is 26.4 Å². The van der Waals surface area contributed by atoms with Crippen LogP contribution in [-0.2, 0) is 33.0 Å². The van der Waals surface area contributed by atoms with Gasteiger partial charge in [-0.05, 0) is 55.3 Å². The lowest BCUT2D eigenvalue weighted by Gasteiger charge is -2.38. The molecule has 37 heavy (non-hydrogen) atoms. The SMILES string of the molecule is CN(Cc1cccc(C(F)(F)F)c1)C(=O)C(C)(CCN1CCN(S(C)(=O)=O)CC1)c1ccc(Cl)c(Cl)c1. The lowest BCUT2D eigenvalue weighted by molar-refractivity contribution is -0.137. The third-order valence-corrected chi connectivity index (χ3v) is 8.82. The van der Waals surface area contributed by atoms with Crippen molar-refractivity contribution in [1.29, 1.82) is 0 Å². The number of piperazine rings is 1. The van der Waals surface area contributed by atoms with Gasteiger partial charge in [-0.3, -0.25) is 4.79 Å². The number of alkyl halides is 3. The molecule has 0 N–H and O–H groups in total. The summed E-state index contributed by atoms with van der Waals surface area (Å²) in [4.78, 5) is 17.3. The number of rotatable bonds is 8. The number of benzene rings is 2. The highest BCUT2D eigenvalue weighted by Gasteiger charge is 2.39. The second-order valence-corrected chi connectivity index (χ2v) is 12.4. The zero-order valence-electron chi connectivity index (χ0n) is 20.9. The van der Waals surface area contributed by atoms with Crippen LogP contribution in [-0.4, -0.2) is 74.5 Å². The predicted molar refractivity (Wildman–Crippen MR) is 139 cm³/mol. The molecular weight excluding hydrogens is 550 g/mol. The van der Waals surface area contributed by atoms with Gasteiger partial charge in [-0.1, -0.05) is 41.4 Å². The van der Waals surface area contributed by atoms with Gasteiger partial charge in [-0.2, -0.15) is 17.5 Å². The Morgan fingerprint density at radius 1 is 1.00 bits per heavy atom. The van der Waals surface area contributed by atoms with Crippen LogP contribution in [0.4, 0.5) is 13.2 Å². The fraction of sp³-hybridized carbons (Fsp3) is 0.480. The van der Waals surface area contributed by atoms with E-state index in [1.54, 1.807) is 38.2 Å². The van der Waals surface area contributed by atoms with E-state index in [0.717, 1.165) is 12.1 Å². The molecule has 1 aliphatic heterocycles. The van der Waals surface area contributed by atoms with Gasteiger partial charge in [0.2, 0.25) is 15.9 Å². The molecule has 1 aliphatic rings. The summed E-state index contributed by atoms with van der Waals surface area (Å²) < 4.78 is 64.6. The number of nitrogens with zero attached hydrogens (tertiary/aromatic N) is 3. The van der Waals surface area contributed by atoms with Crippen molar-refractivity contribution in [2.24, 2.45) is 0 Å². The van der Waals surface area contributed by atoms with E-state index in [-0.39, 0.29) is 12.5 Å². The van der Waals surface area contributed by atoms with Gasteiger partial charge >= 0.3 is 6.18 Å². The summed E-state index contributed by atoms with van der Waals surface area (Å²) in [5.74, 6) is -0.280. The van der Waals surface area contributed by atoms with Crippen LogP contribution in [0.15, 0.2) is 42.5 Å². The summed E-state index contributed by atoms with van der Waals surface area (Å²) in [6, 6.07) is 9.90. The van der Waals surface area contributed by atoms with E-state index in [4.69, 9.17) is 23.2 Å². The average Bonchev–Trinajstić information content (AvgIpc) is 2.83. The van der Waals surface area contributed by atoms with Crippen LogP contribution in [0.3, 0.4) is 0 Å². The van der Waals surface area contributed by atoms with Crippen molar-refractivity contribution in [3.8, 4) is 0 Å². The Balaban J connectivity index is 1.81. The second-order valence-electron chi connectivity index (χ2n) is 9.57. The maximum absolute atomic E-state index is 13.8. The van der Waals surface area contributed by atoms with Gasteiger partial charge in [0.25, 0.3) is 0 Å². The lowest BCUT2D eigenvalue weighted by atomic mass is 9.77. The van der Waals surface area contributed by atoms with Crippen LogP contribution >= 0.6 is 23.2 Å². The Labute approximate surface area is 226 Å². The molecule has 6 nitrogen and oxygen atoms in total. The maximum Gasteiger partial charge on any atom is 0.416 e. The molecule has 1 atom stereocenters. The number of carbonyl (C=O) groups excluding carboxylic acids is 1. The number of hydrogen-bond acceptors (Lipinski definition) is 4. The molecule has 2 aromatic rings. The highest BCUT2D eigenvalue weighted by molar-refractivity contribution is 7.88. The standard InChI is InChI=1S/C25H30Cl2F3N3O3S/c1-24(19-7-8-21(26)22(27)16-19,9-10-32-11-13-33(14-12-32)37(3,35)36)23(34)31(2)17-18-5-4-6-20(15-18)25(28,29)30/h4-8,15-16H,9-14,17H2,1-3H3. The van der Waals surface area contributed by atoms with Gasteiger partial charge in [-0.25, -0.2) is 8.42 Å². The smallest absolute Gasteiger partial charge is 0.341 e. The zero-order chi connectivity index (χ0) is 27.6. The first kappa shape index (κ1) is 29.7. The third kappa shape index (κ3) is 7.38. The molecular formula is C25H30Cl2F3N3O3S. The van der Waals surface area contributed by atoms with Crippen LogP contribution in [0.25, 0.3) is 0 Å². The monoisotopic (exact) mass is 579 g/mol.